The van der Waals surface area contributed by atoms with Gasteiger partial charge in [-0.2, -0.15) is 0 Å². The van der Waals surface area contributed by atoms with Gasteiger partial charge in [0, 0.05) is 28.5 Å². The Hall–Kier alpha value is -3.51. The van der Waals surface area contributed by atoms with Crippen molar-refractivity contribution in [2.45, 2.75) is 17.1 Å². The number of hydrogen-bond donors (Lipinski definition) is 1. The number of benzene rings is 3. The molecule has 0 unspecified atom stereocenters. The smallest absolute Gasteiger partial charge is 0.308 e. The number of ether oxygens (including phenoxy) is 2. The van der Waals surface area contributed by atoms with Gasteiger partial charge in [0.25, 0.3) is 0 Å². The van der Waals surface area contributed by atoms with Crippen LogP contribution in [-0.2, 0) is 4.79 Å². The summed E-state index contributed by atoms with van der Waals surface area (Å²) < 4.78 is 10.7. The van der Waals surface area contributed by atoms with Crippen LogP contribution in [0, 0.1) is 0 Å². The lowest BCUT2D eigenvalue weighted by atomic mass is 10.0. The Morgan fingerprint density at radius 2 is 1.71 bits per heavy atom. The van der Waals surface area contributed by atoms with Crippen molar-refractivity contribution < 1.29 is 19.1 Å². The van der Waals surface area contributed by atoms with Crippen LogP contribution in [0.2, 0.25) is 0 Å². The Kier molecular flexibility index (Phi) is 4.79. The van der Waals surface area contributed by atoms with Gasteiger partial charge in [0.1, 0.15) is 0 Å². The summed E-state index contributed by atoms with van der Waals surface area (Å²) in [5, 5.41) is 3.25. The maximum Gasteiger partial charge on any atom is 0.308 e. The Bertz CT molecular complexity index is 1260. The molecule has 0 amide bonds. The topological polar surface area (TPSA) is 64.6 Å². The number of para-hydroxylation sites is 1. The van der Waals surface area contributed by atoms with Crippen molar-refractivity contribution in [1.82, 2.24) is 0 Å². The fourth-order valence-corrected chi connectivity index (χ4v) is 5.28. The summed E-state index contributed by atoms with van der Waals surface area (Å²) in [5.74, 6) is 0.404. The molecule has 31 heavy (non-hydrogen) atoms. The average molecular weight is 429 g/mol. The van der Waals surface area contributed by atoms with E-state index in [4.69, 9.17) is 9.47 Å². The number of esters is 1. The monoisotopic (exact) mass is 429 g/mol. The number of carbonyl (C=O) groups is 2. The standard InChI is InChI=1S/C25H19NO4S/c1-14(27)30-19-12-11-15(13-20(19)29-2)25-22-23(16-7-3-4-8-17(16)24(22)28)26-18-9-5-6-10-21(18)31-25/h3-13,25-26H,1-2H3/t25-/m0/s1. The van der Waals surface area contributed by atoms with Crippen LogP contribution in [0.1, 0.15) is 33.7 Å². The van der Waals surface area contributed by atoms with Crippen LogP contribution in [0.15, 0.2) is 77.2 Å². The molecule has 0 radical (unpaired) electrons. The van der Waals surface area contributed by atoms with Crippen molar-refractivity contribution in [3.8, 4) is 11.5 Å². The highest BCUT2D eigenvalue weighted by Gasteiger charge is 2.38. The molecule has 1 aliphatic carbocycles. The first-order valence-corrected chi connectivity index (χ1v) is 10.7. The molecule has 0 aromatic heterocycles. The van der Waals surface area contributed by atoms with Gasteiger partial charge in [0.15, 0.2) is 17.3 Å². The lowest BCUT2D eigenvalue weighted by molar-refractivity contribution is -0.132. The van der Waals surface area contributed by atoms with Crippen LogP contribution >= 0.6 is 11.8 Å². The van der Waals surface area contributed by atoms with Gasteiger partial charge < -0.3 is 14.8 Å². The molecule has 1 N–H and O–H groups in total. The first-order chi connectivity index (χ1) is 15.1. The molecule has 154 valence electrons. The van der Waals surface area contributed by atoms with Gasteiger partial charge in [-0.05, 0) is 29.8 Å². The third kappa shape index (κ3) is 3.29. The molecule has 0 bridgehead atoms. The van der Waals surface area contributed by atoms with E-state index in [1.165, 1.54) is 14.0 Å². The number of rotatable bonds is 3. The largest absolute Gasteiger partial charge is 0.493 e. The summed E-state index contributed by atoms with van der Waals surface area (Å²) >= 11 is 1.62. The molecule has 3 aromatic rings. The molecule has 1 heterocycles. The van der Waals surface area contributed by atoms with E-state index in [1.54, 1.807) is 17.8 Å². The van der Waals surface area contributed by atoms with E-state index in [1.807, 2.05) is 60.7 Å². The normalized spacial score (nSPS) is 16.6. The Morgan fingerprint density at radius 3 is 2.48 bits per heavy atom. The number of thioether (sulfide) groups is 1. The van der Waals surface area contributed by atoms with Crippen molar-refractivity contribution >= 4 is 34.9 Å². The molecular formula is C25H19NO4S. The fraction of sp³-hybridized carbons (Fsp3) is 0.120. The van der Waals surface area contributed by atoms with E-state index in [-0.39, 0.29) is 11.0 Å². The molecule has 2 aliphatic rings. The number of hydrogen-bond acceptors (Lipinski definition) is 6. The van der Waals surface area contributed by atoms with Gasteiger partial charge in [-0.3, -0.25) is 9.59 Å². The van der Waals surface area contributed by atoms with Crippen molar-refractivity contribution in [2.24, 2.45) is 0 Å². The number of ketones is 1. The van der Waals surface area contributed by atoms with Crippen LogP contribution in [0.3, 0.4) is 0 Å². The second-order valence-corrected chi connectivity index (χ2v) is 8.43. The molecule has 3 aromatic carbocycles. The minimum absolute atomic E-state index is 0.0198. The summed E-state index contributed by atoms with van der Waals surface area (Å²) in [6.07, 6.45) is 0. The molecule has 1 aliphatic heterocycles. The van der Waals surface area contributed by atoms with Gasteiger partial charge in [0.05, 0.1) is 23.7 Å². The van der Waals surface area contributed by atoms with Gasteiger partial charge in [-0.1, -0.05) is 42.5 Å². The molecule has 0 fully saturated rings. The summed E-state index contributed by atoms with van der Waals surface area (Å²) in [6.45, 7) is 1.35. The second kappa shape index (κ2) is 7.63. The number of fused-ring (bicyclic) bond motifs is 3. The van der Waals surface area contributed by atoms with Gasteiger partial charge in [-0.25, -0.2) is 0 Å². The molecule has 6 heteroatoms. The van der Waals surface area contributed by atoms with E-state index in [0.29, 0.717) is 22.6 Å². The van der Waals surface area contributed by atoms with Crippen LogP contribution in [-0.4, -0.2) is 18.9 Å². The van der Waals surface area contributed by atoms with Crippen LogP contribution in [0.4, 0.5) is 5.69 Å². The maximum absolute atomic E-state index is 13.5. The minimum atomic E-state index is -0.417. The second-order valence-electron chi connectivity index (χ2n) is 7.29. The number of methoxy groups -OCH3 is 1. The molecule has 0 spiro atoms. The highest BCUT2D eigenvalue weighted by atomic mass is 32.2. The number of nitrogens with one attached hydrogen (secondary N) is 1. The third-order valence-electron chi connectivity index (χ3n) is 5.35. The zero-order valence-electron chi connectivity index (χ0n) is 17.0. The number of carbonyl (C=O) groups excluding carboxylic acids is 2. The van der Waals surface area contributed by atoms with E-state index < -0.39 is 5.97 Å². The van der Waals surface area contributed by atoms with Crippen molar-refractivity contribution in [3.63, 3.8) is 0 Å². The van der Waals surface area contributed by atoms with Gasteiger partial charge in [-0.15, -0.1) is 11.8 Å². The maximum atomic E-state index is 13.5. The number of anilines is 1. The quantitative estimate of drug-likeness (QED) is 0.439. The fourth-order valence-electron chi connectivity index (χ4n) is 4.00. The lowest BCUT2D eigenvalue weighted by Crippen LogP contribution is -2.08. The SMILES string of the molecule is COc1cc([C@@H]2Sc3ccccc3NC3=C2C(=O)c2ccccc23)ccc1OC(C)=O. The van der Waals surface area contributed by atoms with E-state index in [0.717, 1.165) is 27.4 Å². The first kappa shape index (κ1) is 19.5. The highest BCUT2D eigenvalue weighted by Crippen LogP contribution is 2.53. The first-order valence-electron chi connectivity index (χ1n) is 9.84. The molecule has 1 atom stereocenters. The minimum Gasteiger partial charge on any atom is -0.493 e. The summed E-state index contributed by atoms with van der Waals surface area (Å²) in [4.78, 5) is 26.0. The molecule has 0 saturated heterocycles. The summed E-state index contributed by atoms with van der Waals surface area (Å²) in [6, 6.07) is 21.1. The van der Waals surface area contributed by atoms with Crippen LogP contribution in [0.5, 0.6) is 11.5 Å². The highest BCUT2D eigenvalue weighted by molar-refractivity contribution is 8.00. The Balaban J connectivity index is 1.68. The van der Waals surface area contributed by atoms with Gasteiger partial charge >= 0.3 is 5.97 Å². The molecular weight excluding hydrogens is 410 g/mol. The molecule has 5 rings (SSSR count). The van der Waals surface area contributed by atoms with E-state index >= 15 is 0 Å². The summed E-state index contributed by atoms with van der Waals surface area (Å²) in [5.41, 5.74) is 5.03. The third-order valence-corrected chi connectivity index (χ3v) is 6.71. The molecule has 0 saturated carbocycles. The van der Waals surface area contributed by atoms with Gasteiger partial charge in [0.2, 0.25) is 0 Å². The van der Waals surface area contributed by atoms with E-state index in [2.05, 4.69) is 5.32 Å². The average Bonchev–Trinajstić information content (AvgIpc) is 2.94. The predicted octanol–water partition coefficient (Wildman–Crippen LogP) is 5.49. The van der Waals surface area contributed by atoms with Crippen molar-refractivity contribution in [1.29, 1.82) is 0 Å². The zero-order chi connectivity index (χ0) is 21.5. The van der Waals surface area contributed by atoms with E-state index in [9.17, 15) is 9.59 Å². The van der Waals surface area contributed by atoms with Crippen LogP contribution in [0.25, 0.3) is 5.70 Å². The lowest BCUT2D eigenvalue weighted by Gasteiger charge is -2.19. The van der Waals surface area contributed by atoms with Crippen molar-refractivity contribution in [3.05, 3.63) is 89.0 Å². The summed E-state index contributed by atoms with van der Waals surface area (Å²) in [7, 11) is 1.53. The Morgan fingerprint density at radius 1 is 0.968 bits per heavy atom. The zero-order valence-corrected chi connectivity index (χ0v) is 17.8. The molecule has 5 nitrogen and oxygen atoms in total. The predicted molar refractivity (Wildman–Crippen MR) is 121 cm³/mol. The van der Waals surface area contributed by atoms with Crippen LogP contribution < -0.4 is 14.8 Å². The number of Topliss-reactive ketones (excluding diaryl/α,β-unsaturated/α-hetero) is 1. The Labute approximate surface area is 184 Å². The van der Waals surface area contributed by atoms with Crippen molar-refractivity contribution in [2.75, 3.05) is 12.4 Å².